The largest absolute Gasteiger partial charge is 0.497 e. The molecule has 0 radical (unpaired) electrons. The van der Waals surface area contributed by atoms with Gasteiger partial charge in [0.15, 0.2) is 6.61 Å². The van der Waals surface area contributed by atoms with Gasteiger partial charge in [-0.25, -0.2) is 4.79 Å². The number of methoxy groups -OCH3 is 2. The number of rotatable bonds is 10. The van der Waals surface area contributed by atoms with Crippen molar-refractivity contribution in [1.29, 1.82) is 10.5 Å². The molecule has 0 aliphatic rings. The van der Waals surface area contributed by atoms with Gasteiger partial charge in [0.05, 0.1) is 25.3 Å². The molecule has 0 aliphatic carbocycles. The number of anilines is 1. The normalized spacial score (nSPS) is 10.3. The van der Waals surface area contributed by atoms with E-state index >= 15 is 0 Å². The van der Waals surface area contributed by atoms with Gasteiger partial charge in [-0.1, -0.05) is 48.2 Å². The minimum Gasteiger partial charge on any atom is -0.497 e. The van der Waals surface area contributed by atoms with Crippen LogP contribution in [0.5, 0.6) is 11.5 Å². The molecule has 0 bridgehead atoms. The number of esters is 1. The highest BCUT2D eigenvalue weighted by Crippen LogP contribution is 2.42. The number of nitriles is 2. The summed E-state index contributed by atoms with van der Waals surface area (Å²) in [5.41, 5.74) is 2.60. The van der Waals surface area contributed by atoms with Crippen LogP contribution in [0.25, 0.3) is 22.5 Å². The van der Waals surface area contributed by atoms with Gasteiger partial charge < -0.3 is 18.6 Å². The zero-order chi connectivity index (χ0) is 31.8. The van der Waals surface area contributed by atoms with Crippen molar-refractivity contribution in [3.63, 3.8) is 0 Å². The molecule has 0 saturated carbocycles. The summed E-state index contributed by atoms with van der Waals surface area (Å²) in [7, 11) is 3.12. The molecule has 0 fully saturated rings. The first-order valence-electron chi connectivity index (χ1n) is 13.5. The molecule has 1 N–H and O–H groups in total. The SMILES string of the molecule is COc1ccc(-c2oc(NC(=O)COC(=O)c3ccccc3Sc3ccccc3C#N)c(C#N)c2-c2ccc(OC)cc2)cc1. The number of carbonyl (C=O) groups is 2. The quantitative estimate of drug-likeness (QED) is 0.160. The molecule has 4 aromatic carbocycles. The Bertz CT molecular complexity index is 1940. The molecule has 5 rings (SSSR count). The lowest BCUT2D eigenvalue weighted by atomic mass is 9.98. The predicted molar refractivity (Wildman–Crippen MR) is 168 cm³/mol. The van der Waals surface area contributed by atoms with Crippen molar-refractivity contribution in [3.8, 4) is 46.1 Å². The number of hydrogen-bond acceptors (Lipinski definition) is 9. The summed E-state index contributed by atoms with van der Waals surface area (Å²) in [5.74, 6) is 0.129. The van der Waals surface area contributed by atoms with Crippen LogP contribution in [-0.2, 0) is 9.53 Å². The number of ether oxygens (including phenoxy) is 3. The summed E-state index contributed by atoms with van der Waals surface area (Å²) >= 11 is 1.25. The summed E-state index contributed by atoms with van der Waals surface area (Å²) in [5, 5.41) is 22.2. The molecule has 5 aromatic rings. The lowest BCUT2D eigenvalue weighted by Gasteiger charge is -2.10. The molecular formula is C35H25N3O6S. The van der Waals surface area contributed by atoms with Gasteiger partial charge in [-0.05, 0) is 66.2 Å². The molecule has 0 aliphatic heterocycles. The number of furan rings is 1. The minimum atomic E-state index is -0.722. The van der Waals surface area contributed by atoms with Gasteiger partial charge in [0.2, 0.25) is 5.88 Å². The predicted octanol–water partition coefficient (Wildman–Crippen LogP) is 7.32. The van der Waals surface area contributed by atoms with Crippen LogP contribution in [0, 0.1) is 22.7 Å². The van der Waals surface area contributed by atoms with Crippen molar-refractivity contribution in [1.82, 2.24) is 0 Å². The van der Waals surface area contributed by atoms with Crippen LogP contribution in [0.1, 0.15) is 21.5 Å². The van der Waals surface area contributed by atoms with Crippen molar-refractivity contribution in [2.45, 2.75) is 9.79 Å². The molecule has 222 valence electrons. The third kappa shape index (κ3) is 6.83. The van der Waals surface area contributed by atoms with Gasteiger partial charge in [0, 0.05) is 20.9 Å². The van der Waals surface area contributed by atoms with Crippen molar-refractivity contribution < 1.29 is 28.2 Å². The fraction of sp³-hybridized carbons (Fsp3) is 0.0857. The van der Waals surface area contributed by atoms with E-state index in [1.807, 2.05) is 0 Å². The van der Waals surface area contributed by atoms with Gasteiger partial charge >= 0.3 is 5.97 Å². The molecule has 1 aromatic heterocycles. The number of nitrogens with one attached hydrogen (secondary N) is 1. The van der Waals surface area contributed by atoms with E-state index in [4.69, 9.17) is 18.6 Å². The van der Waals surface area contributed by atoms with E-state index in [1.165, 1.54) is 11.8 Å². The van der Waals surface area contributed by atoms with Crippen LogP contribution >= 0.6 is 11.8 Å². The van der Waals surface area contributed by atoms with Crippen molar-refractivity contribution >= 4 is 29.5 Å². The molecule has 0 atom stereocenters. The van der Waals surface area contributed by atoms with E-state index in [0.717, 1.165) is 0 Å². The lowest BCUT2D eigenvalue weighted by molar-refractivity contribution is -0.119. The molecule has 9 nitrogen and oxygen atoms in total. The number of carbonyl (C=O) groups excluding carboxylic acids is 2. The van der Waals surface area contributed by atoms with Crippen LogP contribution in [0.4, 0.5) is 5.88 Å². The molecule has 45 heavy (non-hydrogen) atoms. The molecule has 0 saturated heterocycles. The summed E-state index contributed by atoms with van der Waals surface area (Å²) in [6, 6.07) is 32.3. The smallest absolute Gasteiger partial charge is 0.339 e. The third-order valence-electron chi connectivity index (χ3n) is 6.67. The molecule has 10 heteroatoms. The Labute approximate surface area is 263 Å². The topological polar surface area (TPSA) is 135 Å². The Kier molecular flexibility index (Phi) is 9.49. The first-order valence-corrected chi connectivity index (χ1v) is 14.4. The minimum absolute atomic E-state index is 0.0840. The fourth-order valence-electron chi connectivity index (χ4n) is 4.47. The second-order valence-electron chi connectivity index (χ2n) is 9.41. The van der Waals surface area contributed by atoms with E-state index in [-0.39, 0.29) is 17.0 Å². The van der Waals surface area contributed by atoms with Gasteiger partial charge in [-0.2, -0.15) is 10.5 Å². The summed E-state index contributed by atoms with van der Waals surface area (Å²) in [6.07, 6.45) is 0. The number of hydrogen-bond donors (Lipinski definition) is 1. The number of nitrogens with zero attached hydrogens (tertiary/aromatic N) is 2. The van der Waals surface area contributed by atoms with E-state index in [9.17, 15) is 20.1 Å². The van der Waals surface area contributed by atoms with Gasteiger partial charge in [0.1, 0.15) is 35.0 Å². The maximum atomic E-state index is 13.0. The highest BCUT2D eigenvalue weighted by Gasteiger charge is 2.25. The Morgan fingerprint density at radius 2 is 1.38 bits per heavy atom. The van der Waals surface area contributed by atoms with Crippen molar-refractivity contribution in [2.75, 3.05) is 26.1 Å². The third-order valence-corrected chi connectivity index (χ3v) is 7.82. The van der Waals surface area contributed by atoms with Crippen molar-refractivity contribution in [2.24, 2.45) is 0 Å². The zero-order valence-corrected chi connectivity index (χ0v) is 25.0. The second kappa shape index (κ2) is 14.0. The Morgan fingerprint density at radius 1 is 0.778 bits per heavy atom. The van der Waals surface area contributed by atoms with Crippen LogP contribution in [0.2, 0.25) is 0 Å². The Hall–Kier alpha value is -5.97. The van der Waals surface area contributed by atoms with Crippen LogP contribution in [-0.4, -0.2) is 32.7 Å². The number of amides is 1. The van der Waals surface area contributed by atoms with Gasteiger partial charge in [-0.15, -0.1) is 0 Å². The van der Waals surface area contributed by atoms with E-state index in [1.54, 1.807) is 111 Å². The highest BCUT2D eigenvalue weighted by atomic mass is 32.2. The average Bonchev–Trinajstić information content (AvgIpc) is 3.45. The first kappa shape index (κ1) is 30.5. The van der Waals surface area contributed by atoms with Crippen LogP contribution in [0.15, 0.2) is 111 Å². The Morgan fingerprint density at radius 3 is 2.00 bits per heavy atom. The molecule has 0 spiro atoms. The van der Waals surface area contributed by atoms with Gasteiger partial charge in [-0.3, -0.25) is 10.1 Å². The fourth-order valence-corrected chi connectivity index (χ4v) is 5.48. The second-order valence-corrected chi connectivity index (χ2v) is 10.5. The molecular weight excluding hydrogens is 590 g/mol. The van der Waals surface area contributed by atoms with Crippen LogP contribution in [0.3, 0.4) is 0 Å². The monoisotopic (exact) mass is 615 g/mol. The lowest BCUT2D eigenvalue weighted by Crippen LogP contribution is -2.21. The maximum Gasteiger partial charge on any atom is 0.339 e. The first-order chi connectivity index (χ1) is 21.9. The van der Waals surface area contributed by atoms with E-state index in [2.05, 4.69) is 17.5 Å². The maximum absolute atomic E-state index is 13.0. The summed E-state index contributed by atoms with van der Waals surface area (Å²) in [6.45, 7) is -0.631. The Balaban J connectivity index is 1.38. The van der Waals surface area contributed by atoms with E-state index < -0.39 is 18.5 Å². The highest BCUT2D eigenvalue weighted by molar-refractivity contribution is 7.99. The molecule has 1 amide bonds. The molecule has 1 heterocycles. The van der Waals surface area contributed by atoms with Crippen molar-refractivity contribution in [3.05, 3.63) is 114 Å². The molecule has 0 unspecified atom stereocenters. The number of benzene rings is 4. The summed E-state index contributed by atoms with van der Waals surface area (Å²) in [4.78, 5) is 27.3. The zero-order valence-electron chi connectivity index (χ0n) is 24.2. The average molecular weight is 616 g/mol. The van der Waals surface area contributed by atoms with E-state index in [0.29, 0.717) is 49.3 Å². The standard InChI is InChI=1S/C35H25N3O6S/c1-41-25-15-11-22(12-16-25)32-28(20-37)34(44-33(32)23-13-17-26(42-2)18-14-23)38-31(39)21-43-35(40)27-8-4-6-10-30(27)45-29-9-5-3-7-24(29)19-36/h3-18H,21H2,1-2H3,(H,38,39). The summed E-state index contributed by atoms with van der Waals surface area (Å²) < 4.78 is 22.0. The van der Waals surface area contributed by atoms with Gasteiger partial charge in [0.25, 0.3) is 5.91 Å². The van der Waals surface area contributed by atoms with Crippen LogP contribution < -0.4 is 14.8 Å².